The third-order valence-electron chi connectivity index (χ3n) is 4.42. The minimum Gasteiger partial charge on any atom is -0.475 e. The van der Waals surface area contributed by atoms with Crippen LogP contribution in [0.25, 0.3) is 0 Å². The van der Waals surface area contributed by atoms with Crippen LogP contribution < -0.4 is 5.32 Å². The molecule has 0 saturated carbocycles. The molecular formula is C21H29ClF3N3O5. The molecule has 2 N–H and O–H groups in total. The van der Waals surface area contributed by atoms with Crippen LogP contribution in [-0.4, -0.2) is 90.8 Å². The van der Waals surface area contributed by atoms with Crippen molar-refractivity contribution in [3.05, 3.63) is 34.9 Å². The van der Waals surface area contributed by atoms with Gasteiger partial charge in [0, 0.05) is 49.9 Å². The predicted octanol–water partition coefficient (Wildman–Crippen LogP) is 2.66. The fourth-order valence-electron chi connectivity index (χ4n) is 2.81. The van der Waals surface area contributed by atoms with Crippen molar-refractivity contribution in [3.63, 3.8) is 0 Å². The summed E-state index contributed by atoms with van der Waals surface area (Å²) in [6.45, 7) is 7.97. The van der Waals surface area contributed by atoms with Crippen molar-refractivity contribution in [3.8, 4) is 0 Å². The third-order valence-corrected chi connectivity index (χ3v) is 4.66. The van der Waals surface area contributed by atoms with E-state index in [2.05, 4.69) is 5.32 Å². The molecule has 0 unspecified atom stereocenters. The van der Waals surface area contributed by atoms with Crippen LogP contribution in [0.15, 0.2) is 24.3 Å². The van der Waals surface area contributed by atoms with E-state index in [0.29, 0.717) is 43.2 Å². The molecule has 33 heavy (non-hydrogen) atoms. The number of hydrogen-bond acceptors (Lipinski definition) is 5. The Morgan fingerprint density at radius 1 is 1.24 bits per heavy atom. The normalized spacial score (nSPS) is 13.8. The summed E-state index contributed by atoms with van der Waals surface area (Å²) < 4.78 is 37.3. The van der Waals surface area contributed by atoms with Crippen LogP contribution in [0, 0.1) is 0 Å². The summed E-state index contributed by atoms with van der Waals surface area (Å²) in [5, 5.41) is 10.9. The summed E-state index contributed by atoms with van der Waals surface area (Å²) in [6.07, 6.45) is -4.26. The van der Waals surface area contributed by atoms with Crippen LogP contribution in [0.2, 0.25) is 5.02 Å². The lowest BCUT2D eigenvalue weighted by molar-refractivity contribution is -0.192. The molecule has 2 rings (SSSR count). The molecule has 1 heterocycles. The molecule has 1 fully saturated rings. The van der Waals surface area contributed by atoms with E-state index in [-0.39, 0.29) is 24.5 Å². The molecule has 0 radical (unpaired) electrons. The molecule has 0 aliphatic carbocycles. The number of aliphatic carboxylic acids is 1. The standard InChI is InChI=1S/C19H28ClN3O3.C2HF3O2/c1-15(2)26-12-4-9-23(14-18(24)22-10-7-21-8-11-22)19(25)16-5-3-6-17(20)13-16;3-2(4,5)1(6)7/h3,5-6,13,15,21H,4,7-12,14H2,1-2H3;(H,6,7). The molecule has 2 amide bonds. The SMILES string of the molecule is CC(C)OCCCN(CC(=O)N1CCNCC1)C(=O)c1cccc(Cl)c1.O=C(O)C(F)(F)F. The fourth-order valence-corrected chi connectivity index (χ4v) is 3.00. The Morgan fingerprint density at radius 2 is 1.85 bits per heavy atom. The maximum Gasteiger partial charge on any atom is 0.490 e. The summed E-state index contributed by atoms with van der Waals surface area (Å²) in [5.74, 6) is -2.96. The Hall–Kier alpha value is -2.37. The zero-order valence-electron chi connectivity index (χ0n) is 18.5. The topological polar surface area (TPSA) is 99.2 Å². The number of rotatable bonds is 8. The van der Waals surface area contributed by atoms with Gasteiger partial charge in [-0.25, -0.2) is 4.79 Å². The molecular weight excluding hydrogens is 467 g/mol. The van der Waals surface area contributed by atoms with Gasteiger partial charge in [-0.3, -0.25) is 9.59 Å². The average molecular weight is 496 g/mol. The van der Waals surface area contributed by atoms with Crippen molar-refractivity contribution in [1.29, 1.82) is 0 Å². The zero-order chi connectivity index (χ0) is 25.0. The smallest absolute Gasteiger partial charge is 0.475 e. The molecule has 1 aliphatic heterocycles. The highest BCUT2D eigenvalue weighted by Crippen LogP contribution is 2.14. The zero-order valence-corrected chi connectivity index (χ0v) is 19.3. The highest BCUT2D eigenvalue weighted by molar-refractivity contribution is 6.31. The average Bonchev–Trinajstić information content (AvgIpc) is 2.75. The van der Waals surface area contributed by atoms with E-state index < -0.39 is 12.1 Å². The van der Waals surface area contributed by atoms with Crippen molar-refractivity contribution in [1.82, 2.24) is 15.1 Å². The quantitative estimate of drug-likeness (QED) is 0.538. The van der Waals surface area contributed by atoms with E-state index >= 15 is 0 Å². The number of nitrogens with zero attached hydrogens (tertiary/aromatic N) is 2. The monoisotopic (exact) mass is 495 g/mol. The maximum atomic E-state index is 12.9. The summed E-state index contributed by atoms with van der Waals surface area (Å²) in [5.41, 5.74) is 0.496. The number of amides is 2. The molecule has 186 valence electrons. The van der Waals surface area contributed by atoms with E-state index in [1.807, 2.05) is 13.8 Å². The number of nitrogens with one attached hydrogen (secondary N) is 1. The highest BCUT2D eigenvalue weighted by atomic mass is 35.5. The van der Waals surface area contributed by atoms with E-state index in [1.165, 1.54) is 0 Å². The number of carbonyl (C=O) groups excluding carboxylic acids is 2. The molecule has 0 bridgehead atoms. The first kappa shape index (κ1) is 28.7. The van der Waals surface area contributed by atoms with E-state index in [9.17, 15) is 22.8 Å². The van der Waals surface area contributed by atoms with Gasteiger partial charge in [0.05, 0.1) is 6.10 Å². The Bertz CT molecular complexity index is 787. The molecule has 1 aliphatic rings. The fraction of sp³-hybridized carbons (Fsp3) is 0.571. The number of carboxylic acids is 1. The van der Waals surface area contributed by atoms with Gasteiger partial charge in [0.15, 0.2) is 0 Å². The Kier molecular flexibility index (Phi) is 12.2. The number of piperazine rings is 1. The molecule has 1 saturated heterocycles. The number of carboxylic acid groups (broad SMARTS) is 1. The van der Waals surface area contributed by atoms with Crippen LogP contribution in [0.1, 0.15) is 30.6 Å². The molecule has 0 spiro atoms. The first-order valence-corrected chi connectivity index (χ1v) is 10.7. The second-order valence-corrected chi connectivity index (χ2v) is 7.88. The van der Waals surface area contributed by atoms with Crippen molar-refractivity contribution in [2.45, 2.75) is 32.5 Å². The van der Waals surface area contributed by atoms with Gasteiger partial charge in [-0.15, -0.1) is 0 Å². The number of carbonyl (C=O) groups is 3. The first-order chi connectivity index (χ1) is 15.4. The molecule has 8 nitrogen and oxygen atoms in total. The summed E-state index contributed by atoms with van der Waals surface area (Å²) in [7, 11) is 0. The van der Waals surface area contributed by atoms with Crippen LogP contribution in [0.5, 0.6) is 0 Å². The Balaban J connectivity index is 0.000000675. The summed E-state index contributed by atoms with van der Waals surface area (Å²) in [6, 6.07) is 6.83. The van der Waals surface area contributed by atoms with Crippen LogP contribution >= 0.6 is 11.6 Å². The molecule has 1 aromatic carbocycles. The second kappa shape index (κ2) is 14.0. The van der Waals surface area contributed by atoms with Crippen molar-refractivity contribution < 1.29 is 37.4 Å². The number of ether oxygens (including phenoxy) is 1. The largest absolute Gasteiger partial charge is 0.490 e. The number of alkyl halides is 3. The lowest BCUT2D eigenvalue weighted by Gasteiger charge is -2.30. The Labute approximate surface area is 195 Å². The molecule has 1 aromatic rings. The van der Waals surface area contributed by atoms with Crippen molar-refractivity contribution >= 4 is 29.4 Å². The van der Waals surface area contributed by atoms with Gasteiger partial charge in [0.25, 0.3) is 5.91 Å². The van der Waals surface area contributed by atoms with E-state index in [1.54, 1.807) is 34.1 Å². The predicted molar refractivity (Wildman–Crippen MR) is 116 cm³/mol. The van der Waals surface area contributed by atoms with Gasteiger partial charge in [0.1, 0.15) is 6.54 Å². The minimum absolute atomic E-state index is 0.0216. The number of hydrogen-bond donors (Lipinski definition) is 2. The van der Waals surface area contributed by atoms with Gasteiger partial charge in [-0.2, -0.15) is 13.2 Å². The molecule has 12 heteroatoms. The van der Waals surface area contributed by atoms with Crippen LogP contribution in [0.4, 0.5) is 13.2 Å². The maximum absolute atomic E-state index is 12.9. The van der Waals surface area contributed by atoms with Gasteiger partial charge >= 0.3 is 12.1 Å². The minimum atomic E-state index is -5.08. The summed E-state index contributed by atoms with van der Waals surface area (Å²) >= 11 is 6.01. The first-order valence-electron chi connectivity index (χ1n) is 10.4. The number of halogens is 4. The third kappa shape index (κ3) is 11.4. The van der Waals surface area contributed by atoms with Crippen LogP contribution in [0.3, 0.4) is 0 Å². The Morgan fingerprint density at radius 3 is 2.36 bits per heavy atom. The van der Waals surface area contributed by atoms with Crippen molar-refractivity contribution in [2.24, 2.45) is 0 Å². The van der Waals surface area contributed by atoms with Gasteiger partial charge in [-0.1, -0.05) is 17.7 Å². The van der Waals surface area contributed by atoms with E-state index in [0.717, 1.165) is 13.1 Å². The highest BCUT2D eigenvalue weighted by Gasteiger charge is 2.38. The van der Waals surface area contributed by atoms with Gasteiger partial charge in [-0.05, 0) is 38.5 Å². The van der Waals surface area contributed by atoms with E-state index in [4.69, 9.17) is 26.2 Å². The molecule has 0 aromatic heterocycles. The summed E-state index contributed by atoms with van der Waals surface area (Å²) in [4.78, 5) is 37.8. The van der Waals surface area contributed by atoms with Gasteiger partial charge in [0.2, 0.25) is 5.91 Å². The van der Waals surface area contributed by atoms with Gasteiger partial charge < -0.3 is 25.0 Å². The lowest BCUT2D eigenvalue weighted by Crippen LogP contribution is -2.50. The van der Waals surface area contributed by atoms with Crippen molar-refractivity contribution in [2.75, 3.05) is 45.9 Å². The van der Waals surface area contributed by atoms with Crippen LogP contribution in [-0.2, 0) is 14.3 Å². The second-order valence-electron chi connectivity index (χ2n) is 7.44. The number of benzene rings is 1. The lowest BCUT2D eigenvalue weighted by atomic mass is 10.2. The molecule has 0 atom stereocenters.